The summed E-state index contributed by atoms with van der Waals surface area (Å²) in [6.07, 6.45) is 5.36. The van der Waals surface area contributed by atoms with Gasteiger partial charge in [0.1, 0.15) is 26.4 Å². The normalized spacial score (nSPS) is 12.9. The van der Waals surface area contributed by atoms with E-state index in [-0.39, 0.29) is 52.1 Å². The molecule has 9 rings (SSSR count). The molecule has 0 atom stereocenters. The van der Waals surface area contributed by atoms with Gasteiger partial charge in [0.25, 0.3) is 0 Å². The Bertz CT molecular complexity index is 3190. The molecule has 84 heavy (non-hydrogen) atoms. The monoisotopic (exact) mass is 1180 g/mol. The maximum atomic E-state index is 12.9. The van der Waals surface area contributed by atoms with Crippen LogP contribution in [0.25, 0.3) is 90.9 Å². The standard InChI is InChI=1S/C60H58F12N8O4/c61-57(62,63)37-81-29-5-25-77-21-1-9-41(33-77)53-45-13-15-47(73-45)54(42-10-2-22-78(34-42)26-6-30-82-38-58(64,65)66)49-17-19-51(75-49)56(44-12-4-24-80(36-44)28-8-32-84-40-60(70,71)72)52-20-18-50(76-52)55(48-16-14-46(53)74-48)43-11-3-23-79(35-43)27-7-31-83-39-59(67,68)69/h1-4,9-24,33-36,73,76H,5-8,25-32,37-40H2/q+4. The van der Waals surface area contributed by atoms with Gasteiger partial charge in [-0.05, 0) is 72.8 Å². The van der Waals surface area contributed by atoms with Gasteiger partial charge in [-0.2, -0.15) is 52.7 Å². The SMILES string of the molecule is FC(F)(F)COCCC[n+]1cccc(-c2c3nc(c(-c4ccc[n+](CCCOCC(F)(F)F)c4)c4ccc([nH]4)c(-c4ccc[n+](CCCOCC(F)(F)F)c4)c4nc(c(-c5ccc[n+](CCCOCC(F)(F)F)c5)c5ccc2[nH]5)C=C4)C=C3)c1. The van der Waals surface area contributed by atoms with Crippen LogP contribution < -0.4 is 18.3 Å². The third-order valence-electron chi connectivity index (χ3n) is 13.2. The summed E-state index contributed by atoms with van der Waals surface area (Å²) in [7, 11) is 0. The molecule has 0 amide bonds. The molecule has 0 fully saturated rings. The van der Waals surface area contributed by atoms with Crippen LogP contribution in [0.3, 0.4) is 0 Å². The van der Waals surface area contributed by atoms with Crippen LogP contribution >= 0.6 is 0 Å². The van der Waals surface area contributed by atoms with E-state index in [4.69, 9.17) is 28.9 Å². The Hall–Kier alpha value is -7.80. The lowest BCUT2D eigenvalue weighted by atomic mass is 10.1. The van der Waals surface area contributed by atoms with Crippen molar-refractivity contribution in [2.24, 2.45) is 0 Å². The molecule has 24 heteroatoms. The molecule has 2 aliphatic heterocycles. The first-order valence-corrected chi connectivity index (χ1v) is 26.8. The van der Waals surface area contributed by atoms with Crippen molar-refractivity contribution in [3.8, 4) is 44.5 Å². The Morgan fingerprint density at radius 2 is 0.560 bits per heavy atom. The van der Waals surface area contributed by atoms with Gasteiger partial charge in [0.05, 0.1) is 49.2 Å². The van der Waals surface area contributed by atoms with Gasteiger partial charge >= 0.3 is 24.7 Å². The van der Waals surface area contributed by atoms with Crippen LogP contribution in [0.5, 0.6) is 0 Å². The lowest BCUT2D eigenvalue weighted by molar-refractivity contribution is -0.697. The Morgan fingerprint density at radius 1 is 0.333 bits per heavy atom. The van der Waals surface area contributed by atoms with Gasteiger partial charge in [-0.25, -0.2) is 28.2 Å². The van der Waals surface area contributed by atoms with Crippen molar-refractivity contribution in [3.63, 3.8) is 0 Å². The number of pyridine rings is 4. The largest absolute Gasteiger partial charge is 0.411 e. The number of aromatic amines is 2. The molecule has 0 aromatic carbocycles. The highest BCUT2D eigenvalue weighted by molar-refractivity contribution is 5.99. The molecule has 0 radical (unpaired) electrons. The van der Waals surface area contributed by atoms with E-state index in [0.29, 0.717) is 116 Å². The predicted octanol–water partition coefficient (Wildman–Crippen LogP) is 12.3. The van der Waals surface area contributed by atoms with Crippen LogP contribution in [0.4, 0.5) is 52.7 Å². The van der Waals surface area contributed by atoms with E-state index >= 15 is 0 Å². The van der Waals surface area contributed by atoms with E-state index in [0.717, 1.165) is 0 Å². The Labute approximate surface area is 473 Å². The summed E-state index contributed by atoms with van der Waals surface area (Å²) in [5.74, 6) is 0. The van der Waals surface area contributed by atoms with E-state index in [9.17, 15) is 52.7 Å². The number of halogens is 12. The zero-order valence-electron chi connectivity index (χ0n) is 45.0. The Balaban J connectivity index is 1.24. The second-order valence-corrected chi connectivity index (χ2v) is 19.9. The number of alkyl halides is 12. The molecule has 0 unspecified atom stereocenters. The maximum absolute atomic E-state index is 12.9. The Kier molecular flexibility index (Phi) is 19.4. The van der Waals surface area contributed by atoms with E-state index in [1.54, 1.807) is 24.8 Å². The number of rotatable bonds is 24. The summed E-state index contributed by atoms with van der Waals surface area (Å²) < 4.78 is 182. The molecule has 0 saturated heterocycles. The van der Waals surface area contributed by atoms with Gasteiger partial charge < -0.3 is 28.9 Å². The fourth-order valence-corrected chi connectivity index (χ4v) is 9.80. The fourth-order valence-electron chi connectivity index (χ4n) is 9.80. The second-order valence-electron chi connectivity index (χ2n) is 19.9. The van der Waals surface area contributed by atoms with Crippen LogP contribution in [0, 0.1) is 0 Å². The smallest absolute Gasteiger partial charge is 0.372 e. The molecule has 0 spiro atoms. The first kappa shape index (κ1) is 60.8. The van der Waals surface area contributed by atoms with Crippen LogP contribution in [-0.2, 0) is 45.1 Å². The molecule has 12 nitrogen and oxygen atoms in total. The highest BCUT2D eigenvalue weighted by Crippen LogP contribution is 2.38. The van der Waals surface area contributed by atoms with E-state index in [1.165, 1.54) is 0 Å². The summed E-state index contributed by atoms with van der Waals surface area (Å²) in [5.41, 5.74) is 9.90. The second kappa shape index (κ2) is 26.8. The minimum atomic E-state index is -4.47. The minimum absolute atomic E-state index is 0.135. The van der Waals surface area contributed by atoms with Gasteiger partial charge in [0, 0.05) is 117 Å². The van der Waals surface area contributed by atoms with Crippen molar-refractivity contribution < 1.29 is 89.9 Å². The average molecular weight is 1180 g/mol. The number of ether oxygens (including phenoxy) is 4. The van der Waals surface area contributed by atoms with Crippen LogP contribution in [0.15, 0.2) is 122 Å². The molecule has 8 bridgehead atoms. The first-order valence-electron chi connectivity index (χ1n) is 26.8. The third-order valence-corrected chi connectivity index (χ3v) is 13.2. The van der Waals surface area contributed by atoms with Crippen LogP contribution in [-0.4, -0.2) is 97.5 Å². The number of aryl methyl sites for hydroxylation is 4. The minimum Gasteiger partial charge on any atom is -0.372 e. The van der Waals surface area contributed by atoms with Crippen molar-refractivity contribution in [2.75, 3.05) is 52.9 Å². The summed E-state index contributed by atoms with van der Waals surface area (Å²) >= 11 is 0. The van der Waals surface area contributed by atoms with Crippen LogP contribution in [0.2, 0.25) is 0 Å². The van der Waals surface area contributed by atoms with Gasteiger partial charge in [-0.15, -0.1) is 0 Å². The average Bonchev–Trinajstić information content (AvgIpc) is 3.24. The van der Waals surface area contributed by atoms with Crippen molar-refractivity contribution in [1.29, 1.82) is 0 Å². The van der Waals surface area contributed by atoms with Gasteiger partial charge in [-0.1, -0.05) is 0 Å². The maximum Gasteiger partial charge on any atom is 0.411 e. The zero-order chi connectivity index (χ0) is 59.5. The van der Waals surface area contributed by atoms with Gasteiger partial charge in [0.15, 0.2) is 75.8 Å². The molecule has 442 valence electrons. The lowest BCUT2D eigenvalue weighted by Gasteiger charge is -2.08. The highest BCUT2D eigenvalue weighted by Gasteiger charge is 2.30. The molecule has 2 N–H and O–H groups in total. The lowest BCUT2D eigenvalue weighted by Crippen LogP contribution is -2.33. The van der Waals surface area contributed by atoms with E-state index < -0.39 is 51.1 Å². The molecular formula is C60H58F12N8O4+4. The zero-order valence-corrected chi connectivity index (χ0v) is 45.0. The predicted molar refractivity (Wildman–Crippen MR) is 287 cm³/mol. The molecule has 7 aromatic heterocycles. The number of nitrogens with one attached hydrogen (secondary N) is 2. The fraction of sp³-hybridized carbons (Fsp3) is 0.333. The summed E-state index contributed by atoms with van der Waals surface area (Å²) in [4.78, 5) is 18.0. The van der Waals surface area contributed by atoms with Gasteiger partial charge in [0.2, 0.25) is 0 Å². The first-order chi connectivity index (χ1) is 40.1. The molecule has 9 heterocycles. The number of aromatic nitrogens is 8. The molecule has 0 aliphatic carbocycles. The number of H-pyrrole nitrogens is 2. The van der Waals surface area contributed by atoms with E-state index in [2.05, 4.69) is 9.97 Å². The highest BCUT2D eigenvalue weighted by atomic mass is 19.4. The quantitative estimate of drug-likeness (QED) is 0.0354. The van der Waals surface area contributed by atoms with E-state index in [1.807, 2.05) is 140 Å². The number of nitrogens with zero attached hydrogens (tertiary/aromatic N) is 6. The third kappa shape index (κ3) is 17.2. The topological polar surface area (TPSA) is 110 Å². The van der Waals surface area contributed by atoms with Crippen molar-refractivity contribution in [3.05, 3.63) is 145 Å². The van der Waals surface area contributed by atoms with Crippen molar-refractivity contribution in [2.45, 2.75) is 76.6 Å². The summed E-state index contributed by atoms with van der Waals surface area (Å²) in [6.45, 7) is -4.73. The number of hydrogen-bond donors (Lipinski definition) is 2. The van der Waals surface area contributed by atoms with Crippen molar-refractivity contribution >= 4 is 46.4 Å². The number of fused-ring (bicyclic) bond motifs is 8. The molecular weight excluding hydrogens is 1120 g/mol. The number of hydrogen-bond acceptors (Lipinski definition) is 6. The Morgan fingerprint density at radius 3 is 0.774 bits per heavy atom. The molecule has 0 saturated carbocycles. The molecule has 7 aromatic rings. The van der Waals surface area contributed by atoms with Gasteiger partial charge in [-0.3, -0.25) is 0 Å². The van der Waals surface area contributed by atoms with Crippen molar-refractivity contribution in [1.82, 2.24) is 19.9 Å². The van der Waals surface area contributed by atoms with Crippen LogP contribution in [0.1, 0.15) is 48.5 Å². The summed E-state index contributed by atoms with van der Waals surface area (Å²) in [6, 6.07) is 22.4. The summed E-state index contributed by atoms with van der Waals surface area (Å²) in [5, 5.41) is 0. The molecule has 2 aliphatic rings.